The van der Waals surface area contributed by atoms with Crippen molar-refractivity contribution in [3.05, 3.63) is 100 Å². The number of carbonyl (C=O) groups excluding carboxylic acids is 1. The first-order chi connectivity index (χ1) is 14.8. The van der Waals surface area contributed by atoms with E-state index in [9.17, 15) is 4.79 Å². The van der Waals surface area contributed by atoms with Gasteiger partial charge in [0.15, 0.2) is 5.60 Å². The maximum absolute atomic E-state index is 13.1. The van der Waals surface area contributed by atoms with Gasteiger partial charge in [-0.1, -0.05) is 71.7 Å². The first-order valence-corrected chi connectivity index (χ1v) is 11.1. The van der Waals surface area contributed by atoms with Gasteiger partial charge in [-0.3, -0.25) is 4.79 Å². The van der Waals surface area contributed by atoms with E-state index in [1.165, 1.54) is 5.56 Å². The molecule has 2 unspecified atom stereocenters. The van der Waals surface area contributed by atoms with Crippen LogP contribution in [0.2, 0.25) is 10.0 Å². The lowest BCUT2D eigenvalue weighted by Gasteiger charge is -2.31. The van der Waals surface area contributed by atoms with Crippen molar-refractivity contribution in [1.82, 2.24) is 5.32 Å². The van der Waals surface area contributed by atoms with Crippen molar-refractivity contribution in [2.24, 2.45) is 0 Å². The highest BCUT2D eigenvalue weighted by Crippen LogP contribution is 2.31. The predicted molar refractivity (Wildman–Crippen MR) is 128 cm³/mol. The summed E-state index contributed by atoms with van der Waals surface area (Å²) in [6.07, 6.45) is 0.754. The molecule has 0 fully saturated rings. The molecule has 0 aliphatic carbocycles. The summed E-state index contributed by atoms with van der Waals surface area (Å²) in [6, 6.07) is 24.8. The van der Waals surface area contributed by atoms with Gasteiger partial charge in [0.05, 0.1) is 0 Å². The molecule has 0 bridgehead atoms. The van der Waals surface area contributed by atoms with Crippen LogP contribution < -0.4 is 10.1 Å². The van der Waals surface area contributed by atoms with E-state index >= 15 is 0 Å². The molecule has 5 heteroatoms. The lowest BCUT2D eigenvalue weighted by Crippen LogP contribution is -2.51. The highest BCUT2D eigenvalue weighted by molar-refractivity contribution is 6.31. The zero-order valence-electron chi connectivity index (χ0n) is 17.9. The molecule has 0 aliphatic heterocycles. The number of rotatable bonds is 8. The monoisotopic (exact) mass is 455 g/mol. The minimum atomic E-state index is -1.06. The van der Waals surface area contributed by atoms with Gasteiger partial charge in [0.2, 0.25) is 0 Å². The number of carbonyl (C=O) groups is 1. The number of hydrogen-bond donors (Lipinski definition) is 1. The van der Waals surface area contributed by atoms with Gasteiger partial charge >= 0.3 is 0 Å². The molecule has 2 atom stereocenters. The van der Waals surface area contributed by atoms with Gasteiger partial charge in [0.25, 0.3) is 5.91 Å². The highest BCUT2D eigenvalue weighted by atomic mass is 35.5. The van der Waals surface area contributed by atoms with Gasteiger partial charge in [-0.2, -0.15) is 0 Å². The van der Waals surface area contributed by atoms with Gasteiger partial charge in [-0.25, -0.2) is 0 Å². The molecule has 0 saturated heterocycles. The van der Waals surface area contributed by atoms with E-state index in [4.69, 9.17) is 27.9 Å². The molecule has 1 N–H and O–H groups in total. The molecule has 0 radical (unpaired) electrons. The maximum atomic E-state index is 13.1. The quantitative estimate of drug-likeness (QED) is 0.411. The van der Waals surface area contributed by atoms with Gasteiger partial charge in [0, 0.05) is 22.0 Å². The number of benzene rings is 3. The van der Waals surface area contributed by atoms with E-state index in [-0.39, 0.29) is 17.9 Å². The minimum Gasteiger partial charge on any atom is -0.478 e. The molecule has 3 aromatic carbocycles. The van der Waals surface area contributed by atoms with Crippen LogP contribution in [0.5, 0.6) is 5.75 Å². The second-order valence-corrected chi connectivity index (χ2v) is 8.99. The van der Waals surface area contributed by atoms with E-state index < -0.39 is 5.60 Å². The average molecular weight is 456 g/mol. The molecule has 1 amide bonds. The van der Waals surface area contributed by atoms with Crippen molar-refractivity contribution in [2.45, 2.75) is 44.8 Å². The summed E-state index contributed by atoms with van der Waals surface area (Å²) in [6.45, 7) is 5.52. The van der Waals surface area contributed by atoms with E-state index in [2.05, 4.69) is 17.4 Å². The molecule has 0 spiro atoms. The third kappa shape index (κ3) is 6.25. The molecule has 0 saturated carbocycles. The van der Waals surface area contributed by atoms with Gasteiger partial charge in [0.1, 0.15) is 5.75 Å². The zero-order chi connectivity index (χ0) is 22.4. The SMILES string of the molecule is CC(NC(=O)C(C)(C)Oc1ccc(Cl)cc1)C(Cc1ccccc1)c1ccccc1Cl. The van der Waals surface area contributed by atoms with Crippen LogP contribution in [-0.4, -0.2) is 17.6 Å². The van der Waals surface area contributed by atoms with Crippen molar-refractivity contribution in [2.75, 3.05) is 0 Å². The minimum absolute atomic E-state index is 0.00591. The molecule has 3 rings (SSSR count). The summed E-state index contributed by atoms with van der Waals surface area (Å²) >= 11 is 12.5. The molecule has 31 heavy (non-hydrogen) atoms. The largest absolute Gasteiger partial charge is 0.478 e. The van der Waals surface area contributed by atoms with Crippen molar-refractivity contribution in [1.29, 1.82) is 0 Å². The van der Waals surface area contributed by atoms with Crippen LogP contribution in [0, 0.1) is 0 Å². The standard InChI is InChI=1S/C26H27Cl2NO2/c1-18(29-25(30)26(2,3)31-21-15-13-20(27)14-16-21)23(17-19-9-5-4-6-10-19)22-11-7-8-12-24(22)28/h4-16,18,23H,17H2,1-3H3,(H,29,30). The number of halogens is 2. The second kappa shape index (κ2) is 10.2. The van der Waals surface area contributed by atoms with Crippen LogP contribution in [0.15, 0.2) is 78.9 Å². The fourth-order valence-electron chi connectivity index (χ4n) is 3.52. The Bertz CT molecular complexity index is 1000. The fraction of sp³-hybridized carbons (Fsp3) is 0.269. The molecule has 3 nitrogen and oxygen atoms in total. The van der Waals surface area contributed by atoms with E-state index in [0.717, 1.165) is 12.0 Å². The summed E-state index contributed by atoms with van der Waals surface area (Å²) in [5.74, 6) is 0.399. The molecule has 3 aromatic rings. The molecule has 0 heterocycles. The average Bonchev–Trinajstić information content (AvgIpc) is 2.75. The fourth-order valence-corrected chi connectivity index (χ4v) is 3.93. The lowest BCUT2D eigenvalue weighted by atomic mass is 9.86. The summed E-state index contributed by atoms with van der Waals surface area (Å²) in [5.41, 5.74) is 1.14. The molecular formula is C26H27Cl2NO2. The summed E-state index contributed by atoms with van der Waals surface area (Å²) in [4.78, 5) is 13.1. The van der Waals surface area contributed by atoms with Crippen LogP contribution in [0.25, 0.3) is 0 Å². The summed E-state index contributed by atoms with van der Waals surface area (Å²) in [7, 11) is 0. The van der Waals surface area contributed by atoms with Crippen LogP contribution in [0.4, 0.5) is 0 Å². The Labute approximate surface area is 194 Å². The maximum Gasteiger partial charge on any atom is 0.263 e. The third-order valence-corrected chi connectivity index (χ3v) is 5.90. The number of ether oxygens (including phenoxy) is 1. The number of hydrogen-bond acceptors (Lipinski definition) is 2. The molecule has 0 aromatic heterocycles. The van der Waals surface area contributed by atoms with Crippen LogP contribution in [0.1, 0.15) is 37.8 Å². The predicted octanol–water partition coefficient (Wildman–Crippen LogP) is 6.68. The summed E-state index contributed by atoms with van der Waals surface area (Å²) < 4.78 is 5.95. The van der Waals surface area contributed by atoms with Crippen molar-refractivity contribution in [3.63, 3.8) is 0 Å². The van der Waals surface area contributed by atoms with Crippen molar-refractivity contribution >= 4 is 29.1 Å². The van der Waals surface area contributed by atoms with E-state index in [0.29, 0.717) is 15.8 Å². The molecule has 162 valence electrons. The molecular weight excluding hydrogens is 429 g/mol. The Kier molecular flexibility index (Phi) is 7.64. The van der Waals surface area contributed by atoms with Crippen molar-refractivity contribution < 1.29 is 9.53 Å². The normalized spacial score (nSPS) is 13.3. The van der Waals surface area contributed by atoms with Gasteiger partial charge in [-0.15, -0.1) is 0 Å². The zero-order valence-corrected chi connectivity index (χ0v) is 19.5. The first-order valence-electron chi connectivity index (χ1n) is 10.3. The third-order valence-electron chi connectivity index (χ3n) is 5.30. The Hall–Kier alpha value is -2.49. The Morgan fingerprint density at radius 2 is 1.55 bits per heavy atom. The van der Waals surface area contributed by atoms with E-state index in [1.54, 1.807) is 38.1 Å². The Morgan fingerprint density at radius 3 is 2.19 bits per heavy atom. The smallest absolute Gasteiger partial charge is 0.263 e. The second-order valence-electron chi connectivity index (χ2n) is 8.15. The van der Waals surface area contributed by atoms with Gasteiger partial charge in [-0.05, 0) is 68.7 Å². The summed E-state index contributed by atoms with van der Waals surface area (Å²) in [5, 5.41) is 4.46. The van der Waals surface area contributed by atoms with Crippen molar-refractivity contribution in [3.8, 4) is 5.75 Å². The Balaban J connectivity index is 1.78. The Morgan fingerprint density at radius 1 is 0.935 bits per heavy atom. The highest BCUT2D eigenvalue weighted by Gasteiger charge is 2.33. The van der Waals surface area contributed by atoms with E-state index in [1.807, 2.05) is 49.4 Å². The number of amides is 1. The van der Waals surface area contributed by atoms with Crippen LogP contribution in [-0.2, 0) is 11.2 Å². The van der Waals surface area contributed by atoms with Gasteiger partial charge < -0.3 is 10.1 Å². The first kappa shape index (κ1) is 23.2. The lowest BCUT2D eigenvalue weighted by molar-refractivity contribution is -0.135. The van der Waals surface area contributed by atoms with Crippen LogP contribution in [0.3, 0.4) is 0 Å². The molecule has 0 aliphatic rings. The van der Waals surface area contributed by atoms with Crippen LogP contribution >= 0.6 is 23.2 Å². The number of nitrogens with one attached hydrogen (secondary N) is 1. The topological polar surface area (TPSA) is 38.3 Å².